The van der Waals surface area contributed by atoms with E-state index in [1.54, 1.807) is 11.3 Å². The fraction of sp³-hybridized carbons (Fsp3) is 0.294. The maximum absolute atomic E-state index is 6.22. The van der Waals surface area contributed by atoms with Crippen molar-refractivity contribution in [3.05, 3.63) is 70.1 Å². The molecule has 3 nitrogen and oxygen atoms in total. The summed E-state index contributed by atoms with van der Waals surface area (Å²) in [4.78, 5) is 3.23. The minimum absolute atomic E-state index is 0.232. The Kier molecular flexibility index (Phi) is 3.61. The zero-order valence-corrected chi connectivity index (χ0v) is 13.3. The summed E-state index contributed by atoms with van der Waals surface area (Å²) in [5.41, 5.74) is 9.31. The number of benzene rings is 1. The van der Waals surface area contributed by atoms with E-state index in [9.17, 15) is 0 Å². The van der Waals surface area contributed by atoms with Crippen molar-refractivity contribution in [1.29, 1.82) is 0 Å². The van der Waals surface area contributed by atoms with Crippen molar-refractivity contribution >= 4 is 11.3 Å². The van der Waals surface area contributed by atoms with Crippen molar-refractivity contribution in [3.63, 3.8) is 0 Å². The predicted molar refractivity (Wildman–Crippen MR) is 88.9 cm³/mol. The summed E-state index contributed by atoms with van der Waals surface area (Å²) in [7, 11) is 1.99. The van der Waals surface area contributed by atoms with Crippen LogP contribution < -0.4 is 11.1 Å². The number of nitrogens with zero attached hydrogens (tertiary/aromatic N) is 1. The molecule has 1 aliphatic rings. The smallest absolute Gasteiger partial charge is 0.133 e. The van der Waals surface area contributed by atoms with E-state index in [1.165, 1.54) is 16.0 Å². The number of hydrogen-bond donors (Lipinski definition) is 2. The van der Waals surface area contributed by atoms with E-state index in [0.29, 0.717) is 0 Å². The van der Waals surface area contributed by atoms with Gasteiger partial charge in [-0.1, -0.05) is 43.8 Å². The van der Waals surface area contributed by atoms with E-state index in [2.05, 4.69) is 60.6 Å². The van der Waals surface area contributed by atoms with Gasteiger partial charge in [0.15, 0.2) is 0 Å². The van der Waals surface area contributed by atoms with Crippen molar-refractivity contribution in [2.45, 2.75) is 25.2 Å². The fourth-order valence-corrected chi connectivity index (χ4v) is 3.89. The summed E-state index contributed by atoms with van der Waals surface area (Å²) in [6, 6.07) is 12.9. The van der Waals surface area contributed by atoms with E-state index in [4.69, 9.17) is 5.73 Å². The molecular formula is C17H21N3S. The van der Waals surface area contributed by atoms with Gasteiger partial charge in [-0.2, -0.15) is 0 Å². The van der Waals surface area contributed by atoms with Gasteiger partial charge in [-0.3, -0.25) is 11.1 Å². The van der Waals surface area contributed by atoms with Crippen LogP contribution >= 0.6 is 11.3 Å². The van der Waals surface area contributed by atoms with E-state index >= 15 is 0 Å². The Morgan fingerprint density at radius 1 is 1.38 bits per heavy atom. The minimum atomic E-state index is -0.423. The van der Waals surface area contributed by atoms with Crippen LogP contribution in [0.3, 0.4) is 0 Å². The highest BCUT2D eigenvalue weighted by molar-refractivity contribution is 7.10. The van der Waals surface area contributed by atoms with E-state index in [0.717, 1.165) is 12.1 Å². The van der Waals surface area contributed by atoms with Gasteiger partial charge in [0.05, 0.1) is 0 Å². The quantitative estimate of drug-likeness (QED) is 0.915. The topological polar surface area (TPSA) is 41.3 Å². The largest absolute Gasteiger partial charge is 0.349 e. The molecule has 2 unspecified atom stereocenters. The summed E-state index contributed by atoms with van der Waals surface area (Å²) in [5, 5.41) is 5.65. The average Bonchev–Trinajstić information content (AvgIpc) is 3.11. The molecule has 110 valence electrons. The minimum Gasteiger partial charge on any atom is -0.349 e. The normalized spacial score (nSPS) is 25.6. The average molecular weight is 299 g/mol. The molecule has 0 saturated carbocycles. The zero-order valence-electron chi connectivity index (χ0n) is 12.5. The summed E-state index contributed by atoms with van der Waals surface area (Å²) in [6.07, 6.45) is 0.785. The molecule has 1 aliphatic heterocycles. The highest BCUT2D eigenvalue weighted by Crippen LogP contribution is 2.43. The summed E-state index contributed by atoms with van der Waals surface area (Å²) in [5.74, 6) is 0. The summed E-state index contributed by atoms with van der Waals surface area (Å²) >= 11 is 1.73. The second kappa shape index (κ2) is 5.30. The third-order valence-electron chi connectivity index (χ3n) is 4.30. The van der Waals surface area contributed by atoms with Gasteiger partial charge in [-0.15, -0.1) is 11.3 Å². The van der Waals surface area contributed by atoms with Crippen LogP contribution in [0.2, 0.25) is 0 Å². The molecular weight excluding hydrogens is 278 g/mol. The lowest BCUT2D eigenvalue weighted by Gasteiger charge is -2.30. The van der Waals surface area contributed by atoms with Gasteiger partial charge in [0.25, 0.3) is 0 Å². The van der Waals surface area contributed by atoms with Crippen LogP contribution in [0.25, 0.3) is 0 Å². The van der Waals surface area contributed by atoms with Crippen molar-refractivity contribution in [2.75, 3.05) is 7.05 Å². The molecule has 1 aromatic heterocycles. The number of nitrogens with one attached hydrogen (secondary N) is 1. The van der Waals surface area contributed by atoms with Crippen molar-refractivity contribution in [3.8, 4) is 0 Å². The molecule has 2 heterocycles. The molecule has 3 rings (SSSR count). The molecule has 2 aromatic rings. The van der Waals surface area contributed by atoms with Crippen molar-refractivity contribution in [1.82, 2.24) is 10.2 Å². The van der Waals surface area contributed by atoms with E-state index in [1.807, 2.05) is 11.9 Å². The first kappa shape index (κ1) is 14.3. The van der Waals surface area contributed by atoms with Crippen LogP contribution in [0.4, 0.5) is 0 Å². The Morgan fingerprint density at radius 2 is 2.19 bits per heavy atom. The van der Waals surface area contributed by atoms with Crippen molar-refractivity contribution in [2.24, 2.45) is 5.73 Å². The number of likely N-dealkylation sites (N-methyl/N-ethyl adjacent to an activating group) is 1. The van der Waals surface area contributed by atoms with Gasteiger partial charge in [0, 0.05) is 17.6 Å². The maximum Gasteiger partial charge on any atom is 0.133 e. The van der Waals surface area contributed by atoms with Gasteiger partial charge < -0.3 is 4.90 Å². The van der Waals surface area contributed by atoms with Crippen molar-refractivity contribution < 1.29 is 0 Å². The van der Waals surface area contributed by atoms with E-state index in [-0.39, 0.29) is 6.29 Å². The second-order valence-electron chi connectivity index (χ2n) is 5.43. The second-order valence-corrected chi connectivity index (χ2v) is 6.38. The third-order valence-corrected chi connectivity index (χ3v) is 5.29. The molecule has 3 N–H and O–H groups in total. The number of aryl methyl sites for hydroxylation is 1. The molecule has 1 saturated heterocycles. The highest BCUT2D eigenvalue weighted by Gasteiger charge is 2.47. The van der Waals surface area contributed by atoms with Gasteiger partial charge in [0.2, 0.25) is 0 Å². The molecule has 0 radical (unpaired) electrons. The van der Waals surface area contributed by atoms with E-state index < -0.39 is 5.54 Å². The Balaban J connectivity index is 2.20. The molecule has 21 heavy (non-hydrogen) atoms. The number of hydrogen-bond acceptors (Lipinski definition) is 4. The number of thiophene rings is 1. The molecule has 1 aromatic carbocycles. The molecule has 0 bridgehead atoms. The van der Waals surface area contributed by atoms with Gasteiger partial charge >= 0.3 is 0 Å². The first-order valence-electron chi connectivity index (χ1n) is 7.18. The number of nitrogens with two attached hydrogens (primary N) is 1. The Labute approximate surface area is 130 Å². The Bertz CT molecular complexity index is 650. The van der Waals surface area contributed by atoms with Gasteiger partial charge in [0.1, 0.15) is 11.8 Å². The van der Waals surface area contributed by atoms with Crippen LogP contribution in [-0.4, -0.2) is 18.2 Å². The highest BCUT2D eigenvalue weighted by atomic mass is 32.1. The van der Waals surface area contributed by atoms with Crippen LogP contribution in [-0.2, 0) is 12.0 Å². The summed E-state index contributed by atoms with van der Waals surface area (Å²) in [6.45, 7) is 6.49. The molecule has 0 amide bonds. The Hall–Kier alpha value is -1.62. The van der Waals surface area contributed by atoms with Crippen LogP contribution in [0, 0.1) is 0 Å². The maximum atomic E-state index is 6.22. The lowest BCUT2D eigenvalue weighted by Crippen LogP contribution is -2.46. The first-order valence-corrected chi connectivity index (χ1v) is 8.06. The molecule has 0 spiro atoms. The third kappa shape index (κ3) is 2.11. The zero-order chi connectivity index (χ0) is 15.0. The standard InChI is InChI=1S/C17H21N3S/c1-4-13-7-5-8-14(11-13)17(15-9-6-10-21-15)12(2)20(3)16(18)19-17/h5-11,16,19H,2,4,18H2,1,3H3. The Morgan fingerprint density at radius 3 is 2.76 bits per heavy atom. The SMILES string of the molecule is C=C1N(C)C(N)NC1(c1cccc(CC)c1)c1cccs1. The molecule has 0 aliphatic carbocycles. The molecule has 4 heteroatoms. The van der Waals surface area contributed by atoms with Crippen LogP contribution in [0.5, 0.6) is 0 Å². The molecule has 2 atom stereocenters. The lowest BCUT2D eigenvalue weighted by molar-refractivity contribution is 0.334. The summed E-state index contributed by atoms with van der Waals surface area (Å²) < 4.78 is 0. The van der Waals surface area contributed by atoms with Gasteiger partial charge in [-0.25, -0.2) is 0 Å². The van der Waals surface area contributed by atoms with Crippen LogP contribution in [0.15, 0.2) is 54.1 Å². The van der Waals surface area contributed by atoms with Crippen LogP contribution in [0.1, 0.15) is 22.9 Å². The predicted octanol–water partition coefficient (Wildman–Crippen LogP) is 2.85. The van der Waals surface area contributed by atoms with Gasteiger partial charge in [-0.05, 0) is 29.0 Å². The monoisotopic (exact) mass is 299 g/mol. The number of rotatable bonds is 3. The first-order chi connectivity index (χ1) is 10.1. The molecule has 1 fully saturated rings. The lowest BCUT2D eigenvalue weighted by atomic mass is 9.85. The fourth-order valence-electron chi connectivity index (χ4n) is 2.96.